The van der Waals surface area contributed by atoms with E-state index >= 15 is 0 Å². The number of piperidine rings is 1. The van der Waals surface area contributed by atoms with Crippen molar-refractivity contribution in [3.63, 3.8) is 0 Å². The average Bonchev–Trinajstić information content (AvgIpc) is 3.05. The van der Waals surface area contributed by atoms with Gasteiger partial charge >= 0.3 is 0 Å². The van der Waals surface area contributed by atoms with Crippen LogP contribution in [0, 0.1) is 0 Å². The molecule has 1 aliphatic carbocycles. The molecule has 0 aromatic heterocycles. The van der Waals surface area contributed by atoms with Crippen molar-refractivity contribution in [2.75, 3.05) is 33.8 Å². The van der Waals surface area contributed by atoms with E-state index in [0.29, 0.717) is 74.6 Å². The van der Waals surface area contributed by atoms with Gasteiger partial charge in [-0.1, -0.05) is 44.7 Å². The Morgan fingerprint density at radius 2 is 1.73 bits per heavy atom. The molecule has 10 nitrogen and oxygen atoms in total. The third-order valence-corrected chi connectivity index (χ3v) is 9.81. The predicted molar refractivity (Wildman–Crippen MR) is 171 cm³/mol. The van der Waals surface area contributed by atoms with Gasteiger partial charge in [0.1, 0.15) is 17.3 Å². The third-order valence-electron chi connectivity index (χ3n) is 9.81. The summed E-state index contributed by atoms with van der Waals surface area (Å²) in [6, 6.07) is 12.3. The molecule has 10 heteroatoms. The Morgan fingerprint density at radius 3 is 2.38 bits per heavy atom. The average molecular weight is 621 g/mol. The SMILES string of the molecule is CCCCN1C(=O)[C@@H](CC2(O)CCCCC2)NC(=O)C12CCN(Cc1ccc(Oc3ccc(C(=O)NC)cc3OC)cc1)CC2. The summed E-state index contributed by atoms with van der Waals surface area (Å²) in [6.07, 6.45) is 7.67. The van der Waals surface area contributed by atoms with E-state index in [4.69, 9.17) is 9.47 Å². The summed E-state index contributed by atoms with van der Waals surface area (Å²) < 4.78 is 11.5. The van der Waals surface area contributed by atoms with Crippen molar-refractivity contribution in [3.05, 3.63) is 53.6 Å². The normalized spacial score (nSPS) is 21.3. The van der Waals surface area contributed by atoms with E-state index in [1.165, 1.54) is 7.11 Å². The Bertz CT molecular complexity index is 1350. The Hall–Kier alpha value is -3.63. The van der Waals surface area contributed by atoms with Gasteiger partial charge in [0.2, 0.25) is 11.8 Å². The second kappa shape index (κ2) is 14.2. The summed E-state index contributed by atoms with van der Waals surface area (Å²) in [4.78, 5) is 43.8. The minimum Gasteiger partial charge on any atom is -0.493 e. The first-order valence-electron chi connectivity index (χ1n) is 16.4. The molecule has 3 N–H and O–H groups in total. The molecule has 45 heavy (non-hydrogen) atoms. The first kappa shape index (κ1) is 32.8. The second-order valence-corrected chi connectivity index (χ2v) is 12.9. The van der Waals surface area contributed by atoms with Crippen molar-refractivity contribution in [3.8, 4) is 17.2 Å². The zero-order chi connectivity index (χ0) is 32.0. The van der Waals surface area contributed by atoms with Gasteiger partial charge in [-0.25, -0.2) is 0 Å². The summed E-state index contributed by atoms with van der Waals surface area (Å²) in [5.74, 6) is 1.34. The minimum atomic E-state index is -0.875. The largest absolute Gasteiger partial charge is 0.493 e. The van der Waals surface area contributed by atoms with Crippen LogP contribution < -0.4 is 20.1 Å². The quantitative estimate of drug-likeness (QED) is 0.341. The van der Waals surface area contributed by atoms with Crippen molar-refractivity contribution in [2.24, 2.45) is 0 Å². The van der Waals surface area contributed by atoms with Crippen LogP contribution in [0.3, 0.4) is 0 Å². The van der Waals surface area contributed by atoms with Crippen LogP contribution in [0.4, 0.5) is 0 Å². The molecule has 2 heterocycles. The first-order chi connectivity index (χ1) is 21.7. The van der Waals surface area contributed by atoms with Gasteiger partial charge in [0.25, 0.3) is 5.91 Å². The number of unbranched alkanes of at least 4 members (excludes halogenated alkanes) is 1. The van der Waals surface area contributed by atoms with Gasteiger partial charge in [0.15, 0.2) is 11.5 Å². The van der Waals surface area contributed by atoms with E-state index < -0.39 is 17.2 Å². The zero-order valence-electron chi connectivity index (χ0n) is 26.9. The maximum atomic E-state index is 13.9. The number of nitrogens with one attached hydrogen (secondary N) is 2. The molecule has 1 spiro atoms. The molecule has 2 aromatic carbocycles. The number of benzene rings is 2. The molecule has 0 unspecified atom stereocenters. The van der Waals surface area contributed by atoms with E-state index in [2.05, 4.69) is 22.5 Å². The summed E-state index contributed by atoms with van der Waals surface area (Å²) >= 11 is 0. The molecule has 244 valence electrons. The number of nitrogens with zero attached hydrogens (tertiary/aromatic N) is 2. The molecular formula is C35H48N4O6. The number of ether oxygens (including phenoxy) is 2. The van der Waals surface area contributed by atoms with Crippen molar-refractivity contribution in [1.82, 2.24) is 20.4 Å². The van der Waals surface area contributed by atoms with E-state index in [-0.39, 0.29) is 17.7 Å². The molecule has 0 radical (unpaired) electrons. The van der Waals surface area contributed by atoms with Crippen molar-refractivity contribution < 1.29 is 29.0 Å². The highest BCUT2D eigenvalue weighted by molar-refractivity contribution is 6.00. The zero-order valence-corrected chi connectivity index (χ0v) is 26.9. The monoisotopic (exact) mass is 620 g/mol. The van der Waals surface area contributed by atoms with Gasteiger partial charge < -0.3 is 30.1 Å². The number of amides is 3. The smallest absolute Gasteiger partial charge is 0.251 e. The standard InChI is InChI=1S/C35H48N4O6/c1-4-5-19-39-32(41)28(23-34(43)15-7-6-8-16-34)37-33(42)35(39)17-20-38(21-18-35)24-25-9-12-27(13-10-25)45-29-14-11-26(31(40)36-2)22-30(29)44-3/h9-14,22,28,43H,4-8,15-21,23-24H2,1-3H3,(H,36,40)(H,37,42)/t28-/m1/s1. The van der Waals surface area contributed by atoms with Gasteiger partial charge in [-0.2, -0.15) is 0 Å². The van der Waals surface area contributed by atoms with Crippen molar-refractivity contribution in [1.29, 1.82) is 0 Å². The van der Waals surface area contributed by atoms with Crippen LogP contribution in [-0.2, 0) is 16.1 Å². The lowest BCUT2D eigenvalue weighted by molar-refractivity contribution is -0.163. The number of carbonyl (C=O) groups excluding carboxylic acids is 3. The molecule has 2 saturated heterocycles. The van der Waals surface area contributed by atoms with E-state index in [0.717, 1.165) is 44.2 Å². The lowest BCUT2D eigenvalue weighted by Gasteiger charge is -2.52. The Morgan fingerprint density at radius 1 is 1.02 bits per heavy atom. The number of hydrogen-bond donors (Lipinski definition) is 3. The number of carbonyl (C=O) groups is 3. The Balaban J connectivity index is 1.20. The maximum absolute atomic E-state index is 13.9. The maximum Gasteiger partial charge on any atom is 0.251 e. The fraction of sp³-hybridized carbons (Fsp3) is 0.571. The predicted octanol–water partition coefficient (Wildman–Crippen LogP) is 4.39. The van der Waals surface area contributed by atoms with Gasteiger partial charge in [-0.15, -0.1) is 0 Å². The van der Waals surface area contributed by atoms with Crippen molar-refractivity contribution >= 4 is 17.7 Å². The molecule has 3 aliphatic rings. The van der Waals surface area contributed by atoms with Crippen LogP contribution >= 0.6 is 0 Å². The Labute approximate surface area is 266 Å². The molecule has 3 fully saturated rings. The minimum absolute atomic E-state index is 0.0361. The summed E-state index contributed by atoms with van der Waals surface area (Å²) in [7, 11) is 3.12. The summed E-state index contributed by atoms with van der Waals surface area (Å²) in [6.45, 7) is 4.79. The van der Waals surface area contributed by atoms with Crippen molar-refractivity contribution in [2.45, 2.75) is 94.9 Å². The van der Waals surface area contributed by atoms with Gasteiger partial charge in [0, 0.05) is 45.2 Å². The van der Waals surface area contributed by atoms with Crippen LogP contribution in [0.1, 0.15) is 87.1 Å². The van der Waals surface area contributed by atoms with Crippen LogP contribution in [0.15, 0.2) is 42.5 Å². The van der Waals surface area contributed by atoms with Gasteiger partial charge in [-0.05, 0) is 68.0 Å². The summed E-state index contributed by atoms with van der Waals surface area (Å²) in [5.41, 5.74) is -0.103. The van der Waals surface area contributed by atoms with E-state index in [1.807, 2.05) is 29.2 Å². The fourth-order valence-electron chi connectivity index (χ4n) is 7.11. The molecule has 3 amide bonds. The van der Waals surface area contributed by atoms with E-state index in [1.54, 1.807) is 25.2 Å². The number of hydrogen-bond acceptors (Lipinski definition) is 7. The molecular weight excluding hydrogens is 572 g/mol. The highest BCUT2D eigenvalue weighted by Crippen LogP contribution is 2.38. The number of rotatable bonds is 11. The van der Waals surface area contributed by atoms with Crippen LogP contribution in [0.2, 0.25) is 0 Å². The number of aliphatic hydroxyl groups is 1. The third kappa shape index (κ3) is 7.28. The second-order valence-electron chi connectivity index (χ2n) is 12.9. The molecule has 5 rings (SSSR count). The summed E-state index contributed by atoms with van der Waals surface area (Å²) in [5, 5.41) is 16.8. The lowest BCUT2D eigenvalue weighted by atomic mass is 9.77. The number of likely N-dealkylation sites (tertiary alicyclic amines) is 1. The van der Waals surface area contributed by atoms with Gasteiger partial charge in [0.05, 0.1) is 12.7 Å². The number of methoxy groups -OCH3 is 1. The van der Waals surface area contributed by atoms with Gasteiger partial charge in [-0.3, -0.25) is 19.3 Å². The molecule has 0 bridgehead atoms. The lowest BCUT2D eigenvalue weighted by Crippen LogP contribution is -2.73. The number of piperazine rings is 1. The topological polar surface area (TPSA) is 120 Å². The highest BCUT2D eigenvalue weighted by atomic mass is 16.5. The van der Waals surface area contributed by atoms with Crippen LogP contribution in [0.5, 0.6) is 17.2 Å². The molecule has 2 aliphatic heterocycles. The molecule has 2 aromatic rings. The first-order valence-corrected chi connectivity index (χ1v) is 16.4. The van der Waals surface area contributed by atoms with Crippen LogP contribution in [0.25, 0.3) is 0 Å². The fourth-order valence-corrected chi connectivity index (χ4v) is 7.11. The van der Waals surface area contributed by atoms with E-state index in [9.17, 15) is 19.5 Å². The molecule has 1 atom stereocenters. The van der Waals surface area contributed by atoms with Crippen LogP contribution in [-0.4, -0.2) is 83.6 Å². The Kier molecular flexibility index (Phi) is 10.3. The highest BCUT2D eigenvalue weighted by Gasteiger charge is 2.54. The molecule has 1 saturated carbocycles.